The number of benzene rings is 1. The highest BCUT2D eigenvalue weighted by Gasteiger charge is 2.40. The molecule has 2 atom stereocenters. The first-order chi connectivity index (χ1) is 12.6. The van der Waals surface area contributed by atoms with Crippen molar-refractivity contribution >= 4 is 5.91 Å². The molecule has 3 saturated heterocycles. The minimum atomic E-state index is -0.00386. The van der Waals surface area contributed by atoms with Crippen LogP contribution in [-0.2, 0) is 0 Å². The molecule has 1 aromatic carbocycles. The standard InChI is InChI=1S/C21H25N3O2/c1-14-7-10-22-19(13-14)26-18-5-3-17(4-6-18)21(25)23-20-15(2)24-11-8-16(20)9-12-24/h3-7,10,13,15-16,20H,8-9,11-12H2,1-2H3,(H,23,25)/t15-,20-/m0/s1. The van der Waals surface area contributed by atoms with Gasteiger partial charge in [-0.2, -0.15) is 0 Å². The summed E-state index contributed by atoms with van der Waals surface area (Å²) in [6, 6.07) is 11.7. The number of aromatic nitrogens is 1. The molecule has 1 amide bonds. The average molecular weight is 351 g/mol. The van der Waals surface area contributed by atoms with Crippen LogP contribution in [0.5, 0.6) is 11.6 Å². The number of amides is 1. The molecule has 26 heavy (non-hydrogen) atoms. The fraction of sp³-hybridized carbons (Fsp3) is 0.429. The van der Waals surface area contributed by atoms with Gasteiger partial charge in [0, 0.05) is 29.9 Å². The Labute approximate surface area is 154 Å². The SMILES string of the molecule is Cc1ccnc(Oc2ccc(C(=O)N[C@@H]3C4CCN(CC4)[C@H]3C)cc2)c1. The maximum atomic E-state index is 12.7. The molecule has 136 valence electrons. The van der Waals surface area contributed by atoms with Crippen LogP contribution in [0, 0.1) is 12.8 Å². The van der Waals surface area contributed by atoms with Crippen molar-refractivity contribution in [2.75, 3.05) is 13.1 Å². The number of nitrogens with zero attached hydrogens (tertiary/aromatic N) is 2. The Balaban J connectivity index is 1.41. The Kier molecular flexibility index (Phi) is 4.64. The van der Waals surface area contributed by atoms with E-state index in [1.165, 1.54) is 12.8 Å². The van der Waals surface area contributed by atoms with Crippen LogP contribution < -0.4 is 10.1 Å². The molecule has 5 heteroatoms. The number of rotatable bonds is 4. The third-order valence-electron chi connectivity index (χ3n) is 5.70. The van der Waals surface area contributed by atoms with Crippen molar-refractivity contribution in [3.63, 3.8) is 0 Å². The zero-order chi connectivity index (χ0) is 18.1. The maximum Gasteiger partial charge on any atom is 0.251 e. The summed E-state index contributed by atoms with van der Waals surface area (Å²) in [6.45, 7) is 6.55. The number of carbonyl (C=O) groups excluding carboxylic acids is 1. The molecule has 3 fully saturated rings. The second-order valence-electron chi connectivity index (χ2n) is 7.41. The van der Waals surface area contributed by atoms with E-state index in [-0.39, 0.29) is 11.9 Å². The highest BCUT2D eigenvalue weighted by atomic mass is 16.5. The minimum absolute atomic E-state index is 0.00386. The number of piperidine rings is 3. The van der Waals surface area contributed by atoms with E-state index in [1.807, 2.05) is 43.3 Å². The smallest absolute Gasteiger partial charge is 0.251 e. The van der Waals surface area contributed by atoms with E-state index in [4.69, 9.17) is 4.74 Å². The van der Waals surface area contributed by atoms with Crippen molar-refractivity contribution in [1.82, 2.24) is 15.2 Å². The van der Waals surface area contributed by atoms with Crippen LogP contribution >= 0.6 is 0 Å². The lowest BCUT2D eigenvalue weighted by atomic mass is 9.79. The molecule has 0 spiro atoms. The van der Waals surface area contributed by atoms with Crippen molar-refractivity contribution in [2.45, 2.75) is 38.8 Å². The van der Waals surface area contributed by atoms with Gasteiger partial charge >= 0.3 is 0 Å². The first-order valence-corrected chi connectivity index (χ1v) is 9.35. The molecule has 0 unspecified atom stereocenters. The summed E-state index contributed by atoms with van der Waals surface area (Å²) in [5, 5.41) is 3.26. The van der Waals surface area contributed by atoms with E-state index in [0.29, 0.717) is 29.2 Å². The summed E-state index contributed by atoms with van der Waals surface area (Å²) in [6.07, 6.45) is 4.10. The van der Waals surface area contributed by atoms with Crippen molar-refractivity contribution in [3.8, 4) is 11.6 Å². The molecule has 5 rings (SSSR count). The number of carbonyl (C=O) groups is 1. The maximum absolute atomic E-state index is 12.7. The van der Waals surface area contributed by atoms with Gasteiger partial charge in [0.25, 0.3) is 5.91 Å². The van der Waals surface area contributed by atoms with Gasteiger partial charge in [-0.1, -0.05) is 0 Å². The van der Waals surface area contributed by atoms with Crippen LogP contribution in [0.2, 0.25) is 0 Å². The summed E-state index contributed by atoms with van der Waals surface area (Å²) < 4.78 is 5.75. The van der Waals surface area contributed by atoms with Crippen LogP contribution in [-0.4, -0.2) is 41.0 Å². The molecule has 0 saturated carbocycles. The molecule has 0 radical (unpaired) electrons. The Morgan fingerprint density at radius 1 is 1.19 bits per heavy atom. The van der Waals surface area contributed by atoms with Crippen LogP contribution in [0.15, 0.2) is 42.6 Å². The highest BCUT2D eigenvalue weighted by Crippen LogP contribution is 2.32. The van der Waals surface area contributed by atoms with Gasteiger partial charge in [-0.05, 0) is 81.6 Å². The van der Waals surface area contributed by atoms with E-state index in [2.05, 4.69) is 22.1 Å². The van der Waals surface area contributed by atoms with Crippen LogP contribution in [0.3, 0.4) is 0 Å². The van der Waals surface area contributed by atoms with Crippen molar-refractivity contribution < 1.29 is 9.53 Å². The van der Waals surface area contributed by atoms with Gasteiger partial charge in [0.15, 0.2) is 0 Å². The fourth-order valence-electron chi connectivity index (χ4n) is 4.14. The number of pyridine rings is 1. The Morgan fingerprint density at radius 3 is 2.58 bits per heavy atom. The molecular weight excluding hydrogens is 326 g/mol. The second-order valence-corrected chi connectivity index (χ2v) is 7.41. The lowest BCUT2D eigenvalue weighted by Gasteiger charge is -2.49. The monoisotopic (exact) mass is 351 g/mol. The summed E-state index contributed by atoms with van der Waals surface area (Å²) in [5.41, 5.74) is 1.76. The van der Waals surface area contributed by atoms with Crippen molar-refractivity contribution in [1.29, 1.82) is 0 Å². The number of fused-ring (bicyclic) bond motifs is 3. The fourth-order valence-corrected chi connectivity index (χ4v) is 4.14. The number of ether oxygens (including phenoxy) is 1. The molecule has 3 aliphatic rings. The molecule has 5 nitrogen and oxygen atoms in total. The number of aryl methyl sites for hydroxylation is 1. The summed E-state index contributed by atoms with van der Waals surface area (Å²) in [4.78, 5) is 19.3. The molecule has 1 N–H and O–H groups in total. The Hall–Kier alpha value is -2.40. The second kappa shape index (κ2) is 7.08. The molecule has 0 aliphatic carbocycles. The molecular formula is C21H25N3O2. The van der Waals surface area contributed by atoms with Gasteiger partial charge in [-0.3, -0.25) is 9.69 Å². The van der Waals surface area contributed by atoms with Gasteiger partial charge in [-0.25, -0.2) is 4.98 Å². The van der Waals surface area contributed by atoms with Gasteiger partial charge in [0.2, 0.25) is 5.88 Å². The largest absolute Gasteiger partial charge is 0.439 e. The van der Waals surface area contributed by atoms with Gasteiger partial charge in [0.1, 0.15) is 5.75 Å². The Morgan fingerprint density at radius 2 is 1.92 bits per heavy atom. The zero-order valence-corrected chi connectivity index (χ0v) is 15.3. The molecule has 1 aromatic heterocycles. The summed E-state index contributed by atoms with van der Waals surface area (Å²) in [5.74, 6) is 1.84. The van der Waals surface area contributed by atoms with Gasteiger partial charge in [0.05, 0.1) is 0 Å². The van der Waals surface area contributed by atoms with Crippen molar-refractivity contribution in [2.24, 2.45) is 5.92 Å². The Bertz CT molecular complexity index is 780. The van der Waals surface area contributed by atoms with Crippen LogP contribution in [0.25, 0.3) is 0 Å². The minimum Gasteiger partial charge on any atom is -0.439 e. The van der Waals surface area contributed by atoms with E-state index in [9.17, 15) is 4.79 Å². The number of hydrogen-bond donors (Lipinski definition) is 1. The van der Waals surface area contributed by atoms with Crippen LogP contribution in [0.1, 0.15) is 35.7 Å². The first kappa shape index (κ1) is 17.0. The van der Waals surface area contributed by atoms with E-state index >= 15 is 0 Å². The lowest BCUT2D eigenvalue weighted by Crippen LogP contribution is -2.62. The van der Waals surface area contributed by atoms with E-state index in [0.717, 1.165) is 18.7 Å². The summed E-state index contributed by atoms with van der Waals surface area (Å²) >= 11 is 0. The predicted octanol–water partition coefficient (Wildman–Crippen LogP) is 3.39. The quantitative estimate of drug-likeness (QED) is 0.917. The molecule has 4 heterocycles. The molecule has 2 bridgehead atoms. The topological polar surface area (TPSA) is 54.5 Å². The summed E-state index contributed by atoms with van der Waals surface area (Å²) in [7, 11) is 0. The van der Waals surface area contributed by atoms with E-state index in [1.54, 1.807) is 6.20 Å². The van der Waals surface area contributed by atoms with Crippen molar-refractivity contribution in [3.05, 3.63) is 53.7 Å². The third-order valence-corrected chi connectivity index (χ3v) is 5.70. The number of nitrogens with one attached hydrogen (secondary N) is 1. The van der Waals surface area contributed by atoms with Gasteiger partial charge < -0.3 is 10.1 Å². The van der Waals surface area contributed by atoms with Gasteiger partial charge in [-0.15, -0.1) is 0 Å². The normalized spacial score (nSPS) is 27.2. The zero-order valence-electron chi connectivity index (χ0n) is 15.3. The highest BCUT2D eigenvalue weighted by molar-refractivity contribution is 5.94. The lowest BCUT2D eigenvalue weighted by molar-refractivity contribution is 0.0217. The van der Waals surface area contributed by atoms with Crippen LogP contribution in [0.4, 0.5) is 0 Å². The van der Waals surface area contributed by atoms with E-state index < -0.39 is 0 Å². The average Bonchev–Trinajstić information content (AvgIpc) is 2.65. The number of hydrogen-bond acceptors (Lipinski definition) is 4. The predicted molar refractivity (Wildman–Crippen MR) is 101 cm³/mol. The third kappa shape index (κ3) is 3.44. The molecule has 3 aliphatic heterocycles. The molecule has 2 aromatic rings. The first-order valence-electron chi connectivity index (χ1n) is 9.35.